The number of hydrogen-bond acceptors (Lipinski definition) is 22. The maximum absolute atomic E-state index is 13.2. The van der Waals surface area contributed by atoms with Crippen molar-refractivity contribution in [2.75, 3.05) is 67.5 Å². The lowest BCUT2D eigenvalue weighted by Crippen LogP contribution is -2.20. The molecule has 31 nitrogen and oxygen atoms in total. The van der Waals surface area contributed by atoms with Crippen LogP contribution in [0.5, 0.6) is 11.5 Å². The highest BCUT2D eigenvalue weighted by molar-refractivity contribution is 9.12. The molecular formula is C57H67Br3F4N20O11S2. The molecule has 6 amide bonds. The van der Waals surface area contributed by atoms with Gasteiger partial charge < -0.3 is 68.3 Å². The molecule has 522 valence electrons. The maximum Gasteiger partial charge on any atom is 0.345 e. The molecule has 0 aliphatic heterocycles. The molecule has 40 heteroatoms. The first-order valence-electron chi connectivity index (χ1n) is 28.0. The molecule has 2 aromatic carbocycles. The number of ether oxygens (including phenoxy) is 4. The number of nitriles is 1. The van der Waals surface area contributed by atoms with E-state index < -0.39 is 61.9 Å². The number of allylic oxidation sites excluding steroid dienone is 3. The van der Waals surface area contributed by atoms with Gasteiger partial charge in [-0.25, -0.2) is 15.0 Å². The third-order valence-electron chi connectivity index (χ3n) is 12.9. The number of nitrogen functional groups attached to an aromatic ring is 2. The molecule has 0 saturated heterocycles. The van der Waals surface area contributed by atoms with Crippen LogP contribution in [0.3, 0.4) is 0 Å². The molecule has 16 N–H and O–H groups in total. The fraction of sp³-hybridized carbons (Fsp3) is 0.298. The Morgan fingerprint density at radius 1 is 0.619 bits per heavy atom. The zero-order chi connectivity index (χ0) is 69.8. The first-order valence-corrected chi connectivity index (χ1v) is 30.5. The van der Waals surface area contributed by atoms with Gasteiger partial charge in [0.15, 0.2) is 0 Å². The van der Waals surface area contributed by atoms with Crippen molar-refractivity contribution in [2.45, 2.75) is 73.6 Å². The monoisotopic (exact) mass is 1580 g/mol. The van der Waals surface area contributed by atoms with Gasteiger partial charge in [-0.15, -0.1) is 56.6 Å². The number of aliphatic hydroxyl groups is 1. The van der Waals surface area contributed by atoms with Crippen LogP contribution < -0.4 is 59.8 Å². The van der Waals surface area contributed by atoms with Gasteiger partial charge in [-0.3, -0.25) is 57.9 Å². The molecular weight excluding hydrogens is 1520 g/mol. The number of thiophene rings is 2. The first-order chi connectivity index (χ1) is 45.4. The van der Waals surface area contributed by atoms with E-state index in [0.717, 1.165) is 29.8 Å². The second-order valence-corrected chi connectivity index (χ2v) is 21.7. The normalized spacial score (nSPS) is 10.9. The van der Waals surface area contributed by atoms with E-state index in [-0.39, 0.29) is 120 Å². The molecule has 7 heterocycles. The van der Waals surface area contributed by atoms with E-state index in [0.29, 0.717) is 83.0 Å². The van der Waals surface area contributed by atoms with Gasteiger partial charge in [0, 0.05) is 73.4 Å². The predicted molar refractivity (Wildman–Crippen MR) is 370 cm³/mol. The number of carbonyl (C=O) groups excluding carboxylic acids is 6. The van der Waals surface area contributed by atoms with Crippen LogP contribution >= 0.6 is 72.6 Å². The number of amides is 6. The fourth-order valence-electron chi connectivity index (χ4n) is 9.00. The van der Waals surface area contributed by atoms with E-state index in [1.807, 2.05) is 13.8 Å². The number of nitrogens with two attached hydrogens (primary N) is 6. The molecule has 0 radical (unpaired) electrons. The van der Waals surface area contributed by atoms with Crippen molar-refractivity contribution >= 4 is 169 Å². The summed E-state index contributed by atoms with van der Waals surface area (Å²) in [5, 5.41) is 31.6. The molecule has 97 heavy (non-hydrogen) atoms. The van der Waals surface area contributed by atoms with Crippen LogP contribution in [0.25, 0.3) is 31.7 Å². The van der Waals surface area contributed by atoms with Crippen LogP contribution in [0.1, 0.15) is 86.3 Å². The number of aliphatic hydroxyl groups excluding tert-OH is 1. The van der Waals surface area contributed by atoms with Gasteiger partial charge in [0.25, 0.3) is 23.6 Å². The number of carbonyl (C=O) groups is 6. The molecule has 9 rings (SSSR count). The maximum atomic E-state index is 13.2. The molecule has 0 aliphatic rings. The number of alkyl halides is 4. The van der Waals surface area contributed by atoms with Gasteiger partial charge in [0.2, 0.25) is 29.7 Å². The van der Waals surface area contributed by atoms with Gasteiger partial charge in [-0.1, -0.05) is 24.3 Å². The summed E-state index contributed by atoms with van der Waals surface area (Å²) >= 11 is 4.74. The minimum Gasteiger partial charge on any atom is -0.489 e. The van der Waals surface area contributed by atoms with Crippen molar-refractivity contribution in [2.24, 2.45) is 22.9 Å². The Bertz CT molecular complexity index is 4350. The quantitative estimate of drug-likeness (QED) is 0.00941. The molecule has 0 atom stereocenters. The van der Waals surface area contributed by atoms with E-state index >= 15 is 0 Å². The summed E-state index contributed by atoms with van der Waals surface area (Å²) in [6.45, 7) is 2.07. The SMILES string of the molecule is Br.Br.CCn1nc(C)cc1C(=O)Nc1nc2cc(C(N)=O)sc2n1C/C=C/CNc1c(N)cc(C(N)=O)cc1OCCOC(F)F.CCn1nc(C)cc1C(=O)Nc1nc2cc(C(N)=O)sc2n1C/C=C/Cn1c(N)nc2cc(C(N)=O)cc(OCCOC(F)F)c21.CO.N#CBr. The van der Waals surface area contributed by atoms with Crippen LogP contribution in [0.4, 0.5) is 46.8 Å². The number of rotatable bonds is 29. The van der Waals surface area contributed by atoms with Crippen LogP contribution in [0, 0.1) is 24.1 Å². The Balaban J connectivity index is 0.000000380. The fourth-order valence-corrected chi connectivity index (χ4v) is 10.9. The van der Waals surface area contributed by atoms with Gasteiger partial charge in [-0.05, 0) is 76.2 Å². The minimum atomic E-state index is -2.96. The topological polar surface area (TPSA) is 465 Å². The number of halogens is 7. The molecule has 0 fully saturated rings. The average Bonchev–Trinajstić information content (AvgIpc) is 1.66. The Kier molecular flexibility index (Phi) is 31.1. The lowest BCUT2D eigenvalue weighted by Gasteiger charge is -2.16. The molecule has 7 aromatic heterocycles. The zero-order valence-corrected chi connectivity index (χ0v) is 58.7. The smallest absolute Gasteiger partial charge is 0.345 e. The molecule has 0 bridgehead atoms. The van der Waals surface area contributed by atoms with Gasteiger partial charge in [-0.2, -0.15) is 33.0 Å². The number of aryl methyl sites for hydroxylation is 4. The van der Waals surface area contributed by atoms with Gasteiger partial charge >= 0.3 is 13.2 Å². The van der Waals surface area contributed by atoms with Crippen molar-refractivity contribution in [3.8, 4) is 16.5 Å². The summed E-state index contributed by atoms with van der Waals surface area (Å²) in [5.41, 5.74) is 38.5. The van der Waals surface area contributed by atoms with Gasteiger partial charge in [0.05, 0.1) is 45.6 Å². The number of primary amides is 4. The average molecular weight is 1590 g/mol. The Labute approximate surface area is 586 Å². The summed E-state index contributed by atoms with van der Waals surface area (Å²) < 4.78 is 77.3. The molecule has 0 spiro atoms. The molecule has 9 aromatic rings. The molecule has 0 saturated carbocycles. The highest BCUT2D eigenvalue weighted by Crippen LogP contribution is 2.35. The van der Waals surface area contributed by atoms with Crippen LogP contribution in [0.15, 0.2) is 72.8 Å². The summed E-state index contributed by atoms with van der Waals surface area (Å²) in [6, 6.07) is 12.0. The lowest BCUT2D eigenvalue weighted by molar-refractivity contribution is -0.133. The summed E-state index contributed by atoms with van der Waals surface area (Å²) in [6.07, 6.45) is 7.12. The zero-order valence-electron chi connectivity index (χ0n) is 52.1. The summed E-state index contributed by atoms with van der Waals surface area (Å²) in [7, 11) is 1.00. The van der Waals surface area contributed by atoms with Gasteiger partial charge in [0.1, 0.15) is 73.0 Å². The van der Waals surface area contributed by atoms with E-state index in [4.69, 9.17) is 54.2 Å². The molecule has 0 aliphatic carbocycles. The second-order valence-electron chi connectivity index (χ2n) is 19.3. The number of fused-ring (bicyclic) bond motifs is 3. The van der Waals surface area contributed by atoms with E-state index in [1.165, 1.54) is 24.3 Å². The molecule has 0 unspecified atom stereocenters. The Hall–Kier alpha value is -9.50. The van der Waals surface area contributed by atoms with E-state index in [1.54, 1.807) is 90.5 Å². The van der Waals surface area contributed by atoms with E-state index in [2.05, 4.69) is 66.5 Å². The largest absolute Gasteiger partial charge is 0.489 e. The van der Waals surface area contributed by atoms with Crippen molar-refractivity contribution in [3.05, 3.63) is 116 Å². The number of anilines is 5. The number of nitrogens with one attached hydrogen (secondary N) is 3. The van der Waals surface area contributed by atoms with Crippen molar-refractivity contribution < 1.29 is 70.4 Å². The van der Waals surface area contributed by atoms with Crippen LogP contribution in [-0.4, -0.2) is 142 Å². The van der Waals surface area contributed by atoms with Crippen LogP contribution in [-0.2, 0) is 42.2 Å². The number of benzene rings is 2. The van der Waals surface area contributed by atoms with E-state index in [9.17, 15) is 46.3 Å². The van der Waals surface area contributed by atoms with Crippen LogP contribution in [0.2, 0.25) is 0 Å². The first kappa shape index (κ1) is 79.9. The summed E-state index contributed by atoms with van der Waals surface area (Å²) in [4.78, 5) is 90.2. The number of aromatic nitrogens is 10. The highest BCUT2D eigenvalue weighted by atomic mass is 79.9. The highest BCUT2D eigenvalue weighted by Gasteiger charge is 2.24. The number of imidazole rings is 3. The van der Waals surface area contributed by atoms with Crippen molar-refractivity contribution in [3.63, 3.8) is 0 Å². The second kappa shape index (κ2) is 37.7. The Morgan fingerprint density at radius 3 is 1.47 bits per heavy atom. The lowest BCUT2D eigenvalue weighted by atomic mass is 10.1. The van der Waals surface area contributed by atoms with Crippen molar-refractivity contribution in [1.29, 1.82) is 5.26 Å². The predicted octanol–water partition coefficient (Wildman–Crippen LogP) is 7.45. The summed E-state index contributed by atoms with van der Waals surface area (Å²) in [5.74, 6) is -2.57. The number of nitrogens with zero attached hydrogens (tertiary/aromatic N) is 11. The minimum absolute atomic E-state index is 0. The standard InChI is InChI=1S/C28H30F2N10O5S.C27H31F2N9O5S.CBrN.CH4O.2BrH/c1-3-40-18(10-14(2)37-40)24(43)36-28-35-17-13-20(23(32)42)46-25(17)39(28)7-5-4-6-38-21-16(34-27(38)33)11-15(22(31)41)12-19(21)44-8-9-45-26(29)30;1-3-38-18(10-14(2)36-38)24(41)35-27-34-17-13-20(23(32)40)44-25(17)37(27)7-5-4-6-33-21-16(30)11-15(22(31)39)12-19(21)42-8-9-43-26(28)29;2-1-3;1-2;;/h4-5,10-13,26H,3,6-9H2,1-2H3,(H2,31,41)(H2,32,42)(H2,33,34)(H,35,36,43);4-5,10-13,26,33H,3,6-9,30H2,1-2H3,(H2,31,39)(H2,32,40)(H,34,35,41);;2H,1H3;2*1H/b2*5-4+;;;;. The number of hydrogen-bond donors (Lipinski definition) is 10. The van der Waals surface area contributed by atoms with Crippen molar-refractivity contribution in [1.82, 2.24) is 48.2 Å². The third-order valence-corrected chi connectivity index (χ3v) is 15.3. The third kappa shape index (κ3) is 21.0. The Morgan fingerprint density at radius 2 is 1.04 bits per heavy atom.